The van der Waals surface area contributed by atoms with Gasteiger partial charge in [0.25, 0.3) is 5.91 Å². The molecule has 6 nitrogen and oxygen atoms in total. The summed E-state index contributed by atoms with van der Waals surface area (Å²) in [6.07, 6.45) is 2.41. The van der Waals surface area contributed by atoms with Crippen LogP contribution in [0.5, 0.6) is 0 Å². The van der Waals surface area contributed by atoms with Gasteiger partial charge < -0.3 is 19.6 Å². The maximum atomic E-state index is 12.1. The molecule has 6 heteroatoms. The molecular formula is C11H17N3O3. The van der Waals surface area contributed by atoms with E-state index < -0.39 is 0 Å². The quantitative estimate of drug-likeness (QED) is 0.788. The van der Waals surface area contributed by atoms with Gasteiger partial charge >= 0.3 is 5.69 Å². The summed E-state index contributed by atoms with van der Waals surface area (Å²) in [7, 11) is 0. The van der Waals surface area contributed by atoms with Crippen molar-refractivity contribution in [1.29, 1.82) is 0 Å². The first-order valence-electron chi connectivity index (χ1n) is 5.85. The lowest BCUT2D eigenvalue weighted by atomic mass is 10.1. The van der Waals surface area contributed by atoms with Gasteiger partial charge in [-0.05, 0) is 13.3 Å². The monoisotopic (exact) mass is 239 g/mol. The van der Waals surface area contributed by atoms with Crippen LogP contribution in [0.2, 0.25) is 0 Å². The van der Waals surface area contributed by atoms with Crippen molar-refractivity contribution in [2.45, 2.75) is 13.3 Å². The van der Waals surface area contributed by atoms with E-state index in [1.165, 1.54) is 6.20 Å². The molecule has 0 radical (unpaired) electrons. The number of carbonyl (C=O) groups is 1. The van der Waals surface area contributed by atoms with Gasteiger partial charge in [0.15, 0.2) is 0 Å². The third-order valence-electron chi connectivity index (χ3n) is 3.00. The number of hydrogen-bond acceptors (Lipinski definition) is 3. The maximum absolute atomic E-state index is 12.1. The zero-order chi connectivity index (χ0) is 12.3. The molecule has 17 heavy (non-hydrogen) atoms. The fourth-order valence-electron chi connectivity index (χ4n) is 2.01. The first kappa shape index (κ1) is 11.9. The van der Waals surface area contributed by atoms with Crippen LogP contribution in [0.4, 0.5) is 0 Å². The Hall–Kier alpha value is -1.56. The summed E-state index contributed by atoms with van der Waals surface area (Å²) in [5, 5.41) is 0. The van der Waals surface area contributed by atoms with Crippen LogP contribution in [-0.4, -0.2) is 47.1 Å². The van der Waals surface area contributed by atoms with Crippen molar-refractivity contribution < 1.29 is 9.53 Å². The second kappa shape index (κ2) is 5.18. The topological polar surface area (TPSA) is 78.2 Å². The summed E-state index contributed by atoms with van der Waals surface area (Å²) in [5.74, 6) is 0.266. The Balaban J connectivity index is 2.01. The Labute approximate surface area is 99.0 Å². The SMILES string of the molecule is CCN(C[C@@H]1CCOC1)C(=O)c1c[nH]c(=O)[nH]1. The van der Waals surface area contributed by atoms with Crippen molar-refractivity contribution in [2.24, 2.45) is 5.92 Å². The number of nitrogens with one attached hydrogen (secondary N) is 2. The van der Waals surface area contributed by atoms with Gasteiger partial charge in [0.1, 0.15) is 5.69 Å². The zero-order valence-corrected chi connectivity index (χ0v) is 9.86. The van der Waals surface area contributed by atoms with Gasteiger partial charge in [-0.15, -0.1) is 0 Å². The molecule has 0 bridgehead atoms. The number of nitrogens with zero attached hydrogens (tertiary/aromatic N) is 1. The molecule has 2 rings (SSSR count). The summed E-state index contributed by atoms with van der Waals surface area (Å²) in [4.78, 5) is 29.7. The average Bonchev–Trinajstić information content (AvgIpc) is 2.96. The number of rotatable bonds is 4. The van der Waals surface area contributed by atoms with Gasteiger partial charge in [0.2, 0.25) is 0 Å². The molecule has 1 saturated heterocycles. The Morgan fingerprint density at radius 3 is 3.00 bits per heavy atom. The van der Waals surface area contributed by atoms with Crippen molar-refractivity contribution in [3.63, 3.8) is 0 Å². The largest absolute Gasteiger partial charge is 0.381 e. The van der Waals surface area contributed by atoms with E-state index in [0.29, 0.717) is 31.3 Å². The van der Waals surface area contributed by atoms with Crippen molar-refractivity contribution in [3.8, 4) is 0 Å². The Morgan fingerprint density at radius 1 is 1.65 bits per heavy atom. The average molecular weight is 239 g/mol. The van der Waals surface area contributed by atoms with Crippen molar-refractivity contribution in [3.05, 3.63) is 22.4 Å². The lowest BCUT2D eigenvalue weighted by molar-refractivity contribution is 0.0725. The van der Waals surface area contributed by atoms with Crippen LogP contribution in [0.15, 0.2) is 11.0 Å². The number of hydrogen-bond donors (Lipinski definition) is 2. The molecule has 0 unspecified atom stereocenters. The Morgan fingerprint density at radius 2 is 2.47 bits per heavy atom. The molecule has 2 heterocycles. The van der Waals surface area contributed by atoms with Crippen LogP contribution in [0.1, 0.15) is 23.8 Å². The minimum Gasteiger partial charge on any atom is -0.381 e. The lowest BCUT2D eigenvalue weighted by Gasteiger charge is -2.22. The fourth-order valence-corrected chi connectivity index (χ4v) is 2.01. The molecular weight excluding hydrogens is 222 g/mol. The third kappa shape index (κ3) is 2.76. The first-order chi connectivity index (χ1) is 8.20. The summed E-state index contributed by atoms with van der Waals surface area (Å²) >= 11 is 0. The van der Waals surface area contributed by atoms with Gasteiger partial charge in [-0.1, -0.05) is 0 Å². The molecule has 94 valence electrons. The minimum atomic E-state index is -0.353. The molecule has 1 fully saturated rings. The third-order valence-corrected chi connectivity index (χ3v) is 3.00. The van der Waals surface area contributed by atoms with E-state index in [0.717, 1.165) is 13.0 Å². The molecule has 1 aliphatic rings. The molecule has 1 aromatic rings. The highest BCUT2D eigenvalue weighted by atomic mass is 16.5. The minimum absolute atomic E-state index is 0.141. The number of carbonyl (C=O) groups excluding carboxylic acids is 1. The van der Waals surface area contributed by atoms with Crippen LogP contribution in [-0.2, 0) is 4.74 Å². The summed E-state index contributed by atoms with van der Waals surface area (Å²) < 4.78 is 5.29. The second-order valence-corrected chi connectivity index (χ2v) is 4.23. The molecule has 0 aromatic carbocycles. The smallest absolute Gasteiger partial charge is 0.323 e. The summed E-state index contributed by atoms with van der Waals surface area (Å²) in [6.45, 7) is 4.73. The molecule has 2 N–H and O–H groups in total. The van der Waals surface area contributed by atoms with Crippen LogP contribution in [0, 0.1) is 5.92 Å². The number of imidazole rings is 1. The molecule has 1 atom stereocenters. The van der Waals surface area contributed by atoms with E-state index in [4.69, 9.17) is 4.74 Å². The van der Waals surface area contributed by atoms with E-state index in [1.807, 2.05) is 6.92 Å². The highest BCUT2D eigenvalue weighted by molar-refractivity contribution is 5.92. The fraction of sp³-hybridized carbons (Fsp3) is 0.636. The van der Waals surface area contributed by atoms with Crippen LogP contribution in [0.3, 0.4) is 0 Å². The van der Waals surface area contributed by atoms with Gasteiger partial charge in [-0.25, -0.2) is 4.79 Å². The number of ether oxygens (including phenoxy) is 1. The first-order valence-corrected chi connectivity index (χ1v) is 5.85. The predicted molar refractivity (Wildman–Crippen MR) is 61.9 cm³/mol. The molecule has 0 spiro atoms. The number of H-pyrrole nitrogens is 2. The Bertz CT molecular complexity index is 431. The lowest BCUT2D eigenvalue weighted by Crippen LogP contribution is -2.35. The highest BCUT2D eigenvalue weighted by Crippen LogP contribution is 2.14. The number of aromatic amines is 2. The molecule has 1 aliphatic heterocycles. The van der Waals surface area contributed by atoms with Gasteiger partial charge in [-0.2, -0.15) is 0 Å². The molecule has 1 aromatic heterocycles. The highest BCUT2D eigenvalue weighted by Gasteiger charge is 2.22. The van der Waals surface area contributed by atoms with Crippen molar-refractivity contribution in [2.75, 3.05) is 26.3 Å². The Kier molecular flexibility index (Phi) is 3.63. The predicted octanol–water partition coefficient (Wildman–Crippen LogP) is 0.202. The van der Waals surface area contributed by atoms with Crippen molar-refractivity contribution >= 4 is 5.91 Å². The van der Waals surface area contributed by atoms with Gasteiger partial charge in [0.05, 0.1) is 6.61 Å². The summed E-state index contributed by atoms with van der Waals surface area (Å²) in [6, 6.07) is 0. The van der Waals surface area contributed by atoms with Crippen LogP contribution >= 0.6 is 0 Å². The molecule has 1 amide bonds. The van der Waals surface area contributed by atoms with E-state index in [9.17, 15) is 9.59 Å². The van der Waals surface area contributed by atoms with E-state index in [-0.39, 0.29) is 11.6 Å². The zero-order valence-electron chi connectivity index (χ0n) is 9.86. The van der Waals surface area contributed by atoms with Crippen LogP contribution in [0.25, 0.3) is 0 Å². The molecule has 0 aliphatic carbocycles. The number of aromatic nitrogens is 2. The maximum Gasteiger partial charge on any atom is 0.323 e. The summed E-state index contributed by atoms with van der Waals surface area (Å²) in [5.41, 5.74) is -0.0376. The second-order valence-electron chi connectivity index (χ2n) is 4.23. The normalized spacial score (nSPS) is 19.5. The van der Waals surface area contributed by atoms with Crippen molar-refractivity contribution in [1.82, 2.24) is 14.9 Å². The molecule has 0 saturated carbocycles. The van der Waals surface area contributed by atoms with Gasteiger partial charge in [-0.3, -0.25) is 4.79 Å². The van der Waals surface area contributed by atoms with E-state index >= 15 is 0 Å². The number of amides is 1. The van der Waals surface area contributed by atoms with E-state index in [1.54, 1.807) is 4.90 Å². The standard InChI is InChI=1S/C11H17N3O3/c1-2-14(6-8-3-4-17-7-8)10(15)9-5-12-11(16)13-9/h5,8H,2-4,6-7H2,1H3,(H2,12,13,16)/t8-/m0/s1. The van der Waals surface area contributed by atoms with Crippen LogP contribution < -0.4 is 5.69 Å². The van der Waals surface area contributed by atoms with Gasteiger partial charge in [0, 0.05) is 31.8 Å². The van der Waals surface area contributed by atoms with E-state index in [2.05, 4.69) is 9.97 Å².